The molecule has 0 aromatic heterocycles. The first kappa shape index (κ1) is 37.0. The van der Waals surface area contributed by atoms with Crippen LogP contribution in [0.15, 0.2) is 0 Å². The van der Waals surface area contributed by atoms with Crippen molar-refractivity contribution in [3.05, 3.63) is 0 Å². The Balaban J connectivity index is -0.000000197. The number of rotatable bonds is 2. The molecular weight excluding hydrogens is 424 g/mol. The Morgan fingerprint density at radius 2 is 0.938 bits per heavy atom. The Bertz CT molecular complexity index is 594. The van der Waals surface area contributed by atoms with Crippen molar-refractivity contribution >= 4 is 24.2 Å². The van der Waals surface area contributed by atoms with Gasteiger partial charge in [-0.15, -0.1) is 0 Å². The van der Waals surface area contributed by atoms with Crippen LogP contribution in [-0.2, 0) is 38.2 Å². The number of hydrogen-bond acceptors (Lipinski definition) is 10. The Morgan fingerprint density at radius 1 is 0.656 bits per heavy atom. The average molecular weight is 465 g/mol. The maximum Gasteiger partial charge on any atom is 0.373 e. The van der Waals surface area contributed by atoms with Crippen LogP contribution >= 0.6 is 0 Å². The van der Waals surface area contributed by atoms with Gasteiger partial charge in [0.2, 0.25) is 0 Å². The molecule has 2 N–H and O–H groups in total. The van der Waals surface area contributed by atoms with E-state index in [0.717, 1.165) is 0 Å². The zero-order valence-electron chi connectivity index (χ0n) is 21.4. The number of carbonyl (C=O) groups is 2. The first-order valence-electron chi connectivity index (χ1n) is 9.70. The smallest absolute Gasteiger partial charge is 0.373 e. The molecule has 0 aromatic rings. The molecule has 0 spiro atoms. The molecule has 10 nitrogen and oxygen atoms in total. The third-order valence-corrected chi connectivity index (χ3v) is 2.82. The van der Waals surface area contributed by atoms with E-state index in [1.165, 1.54) is 0 Å². The fraction of sp³-hybridized carbons (Fsp3) is 0.818. The summed E-state index contributed by atoms with van der Waals surface area (Å²) in [7, 11) is 0. The van der Waals surface area contributed by atoms with E-state index in [0.29, 0.717) is 6.42 Å². The highest BCUT2D eigenvalue weighted by Gasteiger charge is 2.48. The van der Waals surface area contributed by atoms with Crippen LogP contribution in [0.1, 0.15) is 89.5 Å². The summed E-state index contributed by atoms with van der Waals surface area (Å²) in [5, 5.41) is 19.1. The minimum atomic E-state index is -2.46. The van der Waals surface area contributed by atoms with E-state index in [1.807, 2.05) is 41.5 Å². The molecule has 0 atom stereocenters. The molecule has 32 heavy (non-hydrogen) atoms. The molecule has 0 saturated carbocycles. The van der Waals surface area contributed by atoms with Crippen LogP contribution in [0.2, 0.25) is 0 Å². The molecule has 0 amide bonds. The normalized spacial score (nSPS) is 11.4. The largest absolute Gasteiger partial charge is 0.460 e. The van der Waals surface area contributed by atoms with Gasteiger partial charge >= 0.3 is 24.2 Å². The summed E-state index contributed by atoms with van der Waals surface area (Å²) in [6.45, 7) is 21.4. The molecule has 0 aromatic carbocycles. The van der Waals surface area contributed by atoms with Crippen LogP contribution < -0.4 is 0 Å². The number of hydrogen-bond donors (Lipinski definition) is 2. The summed E-state index contributed by atoms with van der Waals surface area (Å²) >= 11 is 0. The number of carbonyl (C=O) groups excluding carboxylic acids is 6. The van der Waals surface area contributed by atoms with Gasteiger partial charge in [0.15, 0.2) is 0 Å². The van der Waals surface area contributed by atoms with Crippen molar-refractivity contribution in [1.82, 2.24) is 0 Å². The quantitative estimate of drug-likeness (QED) is 0.459. The molecule has 188 valence electrons. The van der Waals surface area contributed by atoms with Crippen molar-refractivity contribution in [2.24, 2.45) is 10.8 Å². The fourth-order valence-electron chi connectivity index (χ4n) is 1.47. The van der Waals surface area contributed by atoms with E-state index in [1.54, 1.807) is 41.5 Å². The van der Waals surface area contributed by atoms with Crippen LogP contribution in [0.4, 0.5) is 0 Å². The summed E-state index contributed by atoms with van der Waals surface area (Å²) in [6.07, 6.45) is 0.976. The maximum atomic E-state index is 11.4. The second-order valence-electron chi connectivity index (χ2n) is 10.9. The topological polar surface area (TPSA) is 161 Å². The molecular formula is C22H40O10. The van der Waals surface area contributed by atoms with Gasteiger partial charge in [-0.2, -0.15) is 19.2 Å². The Kier molecular flexibility index (Phi) is 16.9. The highest BCUT2D eigenvalue weighted by atomic mass is 16.6. The molecule has 0 saturated heterocycles. The van der Waals surface area contributed by atoms with Gasteiger partial charge in [-0.05, 0) is 47.0 Å². The Hall–Kier alpha value is -2.38. The number of aliphatic hydroxyl groups is 2. The molecule has 0 rings (SSSR count). The standard InChI is InChI=1S/C10H20O4.C10H20O2.2CO2/c1-8(2,3)10(12,13)7(11)14-9(4,5)6;1-9(2,3)7-8(11)12-10(4,5)6;2*2-1-3/h12-13H,1-6H3;7H2,1-6H3;;. The number of esters is 2. The lowest BCUT2D eigenvalue weighted by Crippen LogP contribution is -2.52. The van der Waals surface area contributed by atoms with Crippen LogP contribution in [0.5, 0.6) is 0 Å². The summed E-state index contributed by atoms with van der Waals surface area (Å²) in [5.41, 5.74) is -2.04. The van der Waals surface area contributed by atoms with Crippen molar-refractivity contribution in [2.45, 2.75) is 106 Å². The molecule has 10 heteroatoms. The van der Waals surface area contributed by atoms with Crippen molar-refractivity contribution in [3.63, 3.8) is 0 Å². The predicted molar refractivity (Wildman–Crippen MR) is 112 cm³/mol. The van der Waals surface area contributed by atoms with Crippen LogP contribution in [0, 0.1) is 10.8 Å². The van der Waals surface area contributed by atoms with Crippen molar-refractivity contribution < 1.29 is 48.5 Å². The molecule has 0 bridgehead atoms. The van der Waals surface area contributed by atoms with Gasteiger partial charge in [-0.1, -0.05) is 41.5 Å². The first-order chi connectivity index (χ1) is 13.8. The van der Waals surface area contributed by atoms with Gasteiger partial charge in [0, 0.05) is 5.41 Å². The lowest BCUT2D eigenvalue weighted by molar-refractivity contribution is -0.250. The molecule has 0 unspecified atom stereocenters. The molecule has 0 fully saturated rings. The molecule has 0 aliphatic heterocycles. The average Bonchev–Trinajstić information content (AvgIpc) is 2.42. The van der Waals surface area contributed by atoms with Crippen molar-refractivity contribution in [1.29, 1.82) is 0 Å². The lowest BCUT2D eigenvalue weighted by Gasteiger charge is -2.34. The monoisotopic (exact) mass is 464 g/mol. The highest BCUT2D eigenvalue weighted by Crippen LogP contribution is 2.30. The molecule has 0 radical (unpaired) electrons. The van der Waals surface area contributed by atoms with Gasteiger partial charge in [0.05, 0.1) is 6.42 Å². The van der Waals surface area contributed by atoms with Crippen LogP contribution in [0.25, 0.3) is 0 Å². The zero-order valence-corrected chi connectivity index (χ0v) is 21.4. The van der Waals surface area contributed by atoms with E-state index in [2.05, 4.69) is 0 Å². The summed E-state index contributed by atoms with van der Waals surface area (Å²) in [5.74, 6) is -3.59. The highest BCUT2D eigenvalue weighted by molar-refractivity contribution is 5.78. The van der Waals surface area contributed by atoms with Gasteiger partial charge in [-0.25, -0.2) is 4.79 Å². The molecule has 0 aliphatic rings. The predicted octanol–water partition coefficient (Wildman–Crippen LogP) is 2.65. The number of ether oxygens (including phenoxy) is 2. The summed E-state index contributed by atoms with van der Waals surface area (Å²) in [4.78, 5) is 55.2. The van der Waals surface area contributed by atoms with Gasteiger partial charge in [-0.3, -0.25) is 4.79 Å². The van der Waals surface area contributed by atoms with E-state index >= 15 is 0 Å². The second kappa shape index (κ2) is 14.6. The maximum absolute atomic E-state index is 11.4. The van der Waals surface area contributed by atoms with Crippen LogP contribution in [-0.4, -0.2) is 51.4 Å². The van der Waals surface area contributed by atoms with Crippen molar-refractivity contribution in [2.75, 3.05) is 0 Å². The fourth-order valence-corrected chi connectivity index (χ4v) is 1.47. The minimum Gasteiger partial charge on any atom is -0.460 e. The van der Waals surface area contributed by atoms with Crippen molar-refractivity contribution in [3.8, 4) is 0 Å². The summed E-state index contributed by atoms with van der Waals surface area (Å²) < 4.78 is 10.1. The third kappa shape index (κ3) is 25.7. The Labute approximate surface area is 190 Å². The van der Waals surface area contributed by atoms with Gasteiger partial charge in [0.25, 0.3) is 5.79 Å². The van der Waals surface area contributed by atoms with E-state index in [4.69, 9.17) is 28.7 Å². The van der Waals surface area contributed by atoms with Crippen LogP contribution in [0.3, 0.4) is 0 Å². The molecule has 0 heterocycles. The zero-order chi connectivity index (χ0) is 27.2. The SMILES string of the molecule is CC(C)(C)CC(=O)OC(C)(C)C.CC(C)(C)OC(=O)C(O)(O)C(C)(C)C.O=C=O.O=C=O. The first-order valence-corrected chi connectivity index (χ1v) is 9.70. The second-order valence-corrected chi connectivity index (χ2v) is 10.9. The third-order valence-electron chi connectivity index (χ3n) is 2.82. The van der Waals surface area contributed by atoms with E-state index < -0.39 is 22.8 Å². The van der Waals surface area contributed by atoms with E-state index in [9.17, 15) is 19.8 Å². The Morgan fingerprint density at radius 3 is 1.12 bits per heavy atom. The lowest BCUT2D eigenvalue weighted by atomic mass is 9.85. The minimum absolute atomic E-state index is 0.0162. The van der Waals surface area contributed by atoms with E-state index in [-0.39, 0.29) is 29.3 Å². The summed E-state index contributed by atoms with van der Waals surface area (Å²) in [6, 6.07) is 0. The van der Waals surface area contributed by atoms with Gasteiger partial charge in [0.1, 0.15) is 11.2 Å². The van der Waals surface area contributed by atoms with Gasteiger partial charge < -0.3 is 19.7 Å². The molecule has 0 aliphatic carbocycles.